The number of rotatable bonds is 4. The van der Waals surface area contributed by atoms with Gasteiger partial charge in [0.25, 0.3) is 0 Å². The third-order valence-electron chi connectivity index (χ3n) is 6.25. The number of ether oxygens (including phenoxy) is 1. The second-order valence-electron chi connectivity index (χ2n) is 7.81. The lowest BCUT2D eigenvalue weighted by atomic mass is 9.99. The highest BCUT2D eigenvalue weighted by Gasteiger charge is 2.37. The monoisotopic (exact) mass is 371 g/mol. The van der Waals surface area contributed by atoms with E-state index in [9.17, 15) is 4.79 Å². The van der Waals surface area contributed by atoms with Crippen LogP contribution in [0.2, 0.25) is 0 Å². The zero-order valence-electron chi connectivity index (χ0n) is 16.7. The van der Waals surface area contributed by atoms with E-state index in [1.165, 1.54) is 0 Å². The number of methoxy groups -OCH3 is 1. The van der Waals surface area contributed by atoms with Gasteiger partial charge in [0, 0.05) is 37.8 Å². The predicted molar refractivity (Wildman–Crippen MR) is 104 cm³/mol. The van der Waals surface area contributed by atoms with Crippen molar-refractivity contribution >= 4 is 16.9 Å². The van der Waals surface area contributed by atoms with Crippen LogP contribution in [0.5, 0.6) is 5.88 Å². The number of aromatic nitrogens is 3. The molecule has 2 aromatic rings. The van der Waals surface area contributed by atoms with Gasteiger partial charge in [0.05, 0.1) is 12.5 Å². The minimum atomic E-state index is 0.281. The molecule has 0 aromatic carbocycles. The van der Waals surface area contributed by atoms with Gasteiger partial charge < -0.3 is 15.0 Å². The van der Waals surface area contributed by atoms with Crippen LogP contribution in [0.25, 0.3) is 11.0 Å². The maximum absolute atomic E-state index is 13.0. The SMILES string of the molecule is COc1nn(C)c2nc(C)c(CCC(=O)N3C4CCNCC3CC4)c(C)c12. The van der Waals surface area contributed by atoms with Crippen molar-refractivity contribution in [2.45, 2.75) is 58.0 Å². The Hall–Kier alpha value is -2.15. The molecule has 7 heteroatoms. The molecule has 2 unspecified atom stereocenters. The van der Waals surface area contributed by atoms with Crippen LogP contribution in [0.4, 0.5) is 0 Å². The van der Waals surface area contributed by atoms with E-state index in [0.29, 0.717) is 30.8 Å². The van der Waals surface area contributed by atoms with Gasteiger partial charge >= 0.3 is 0 Å². The van der Waals surface area contributed by atoms with Crippen LogP contribution in [-0.2, 0) is 18.3 Å². The quantitative estimate of drug-likeness (QED) is 0.888. The molecule has 0 saturated carbocycles. The average Bonchev–Trinajstić information content (AvgIpc) is 3.09. The Bertz CT molecular complexity index is 861. The number of carbonyl (C=O) groups is 1. The Morgan fingerprint density at radius 2 is 2.04 bits per heavy atom. The molecule has 1 amide bonds. The summed E-state index contributed by atoms with van der Waals surface area (Å²) in [5, 5.41) is 8.82. The van der Waals surface area contributed by atoms with Gasteiger partial charge in [-0.15, -0.1) is 5.10 Å². The molecule has 2 atom stereocenters. The first kappa shape index (κ1) is 18.2. The Labute approximate surface area is 160 Å². The number of aryl methyl sites for hydroxylation is 3. The van der Waals surface area contributed by atoms with Crippen molar-refractivity contribution in [1.29, 1.82) is 0 Å². The average molecular weight is 371 g/mol. The van der Waals surface area contributed by atoms with Gasteiger partial charge in [-0.25, -0.2) is 9.67 Å². The number of hydrogen-bond donors (Lipinski definition) is 1. The molecular formula is C20H29N5O2. The fourth-order valence-electron chi connectivity index (χ4n) is 4.86. The van der Waals surface area contributed by atoms with Crippen molar-refractivity contribution in [1.82, 2.24) is 25.0 Å². The van der Waals surface area contributed by atoms with Crippen LogP contribution < -0.4 is 10.1 Å². The maximum atomic E-state index is 13.0. The van der Waals surface area contributed by atoms with Crippen LogP contribution in [0.1, 0.15) is 42.5 Å². The number of nitrogens with zero attached hydrogens (tertiary/aromatic N) is 4. The van der Waals surface area contributed by atoms with E-state index < -0.39 is 0 Å². The van der Waals surface area contributed by atoms with Crippen LogP contribution in [0.3, 0.4) is 0 Å². The van der Waals surface area contributed by atoms with E-state index >= 15 is 0 Å². The number of carbonyl (C=O) groups excluding carboxylic acids is 1. The lowest BCUT2D eigenvalue weighted by molar-refractivity contribution is -0.133. The second kappa shape index (κ2) is 7.11. The van der Waals surface area contributed by atoms with Crippen LogP contribution in [0, 0.1) is 13.8 Å². The Balaban J connectivity index is 1.58. The van der Waals surface area contributed by atoms with E-state index in [2.05, 4.69) is 22.2 Å². The fraction of sp³-hybridized carbons (Fsp3) is 0.650. The molecule has 2 bridgehead atoms. The van der Waals surface area contributed by atoms with Gasteiger partial charge in [-0.2, -0.15) is 0 Å². The highest BCUT2D eigenvalue weighted by molar-refractivity contribution is 5.86. The molecular weight excluding hydrogens is 342 g/mol. The van der Waals surface area contributed by atoms with E-state index in [-0.39, 0.29) is 5.91 Å². The van der Waals surface area contributed by atoms with Gasteiger partial charge in [-0.05, 0) is 57.2 Å². The van der Waals surface area contributed by atoms with E-state index in [1.807, 2.05) is 14.0 Å². The lowest BCUT2D eigenvalue weighted by Gasteiger charge is -2.28. The third kappa shape index (κ3) is 3.08. The smallest absolute Gasteiger partial charge is 0.242 e. The predicted octanol–water partition coefficient (Wildman–Crippen LogP) is 1.88. The molecule has 0 spiro atoms. The van der Waals surface area contributed by atoms with Crippen LogP contribution >= 0.6 is 0 Å². The molecule has 2 aliphatic rings. The number of pyridine rings is 1. The van der Waals surface area contributed by atoms with Gasteiger partial charge in [0.1, 0.15) is 0 Å². The Kier molecular flexibility index (Phi) is 4.80. The first-order chi connectivity index (χ1) is 13.0. The third-order valence-corrected chi connectivity index (χ3v) is 6.25. The summed E-state index contributed by atoms with van der Waals surface area (Å²) in [6.07, 6.45) is 4.59. The summed E-state index contributed by atoms with van der Waals surface area (Å²) in [5.74, 6) is 0.880. The number of fused-ring (bicyclic) bond motifs is 3. The number of hydrogen-bond acceptors (Lipinski definition) is 5. The van der Waals surface area contributed by atoms with Gasteiger partial charge in [-0.3, -0.25) is 4.79 Å². The molecule has 2 saturated heterocycles. The molecule has 0 aliphatic carbocycles. The normalized spacial score (nSPS) is 22.3. The summed E-state index contributed by atoms with van der Waals surface area (Å²) in [5.41, 5.74) is 4.06. The summed E-state index contributed by atoms with van der Waals surface area (Å²) in [4.78, 5) is 19.9. The number of amides is 1. The Morgan fingerprint density at radius 3 is 2.81 bits per heavy atom. The van der Waals surface area contributed by atoms with Crippen molar-refractivity contribution in [2.75, 3.05) is 20.2 Å². The van der Waals surface area contributed by atoms with Crippen molar-refractivity contribution < 1.29 is 9.53 Å². The Morgan fingerprint density at radius 1 is 1.26 bits per heavy atom. The van der Waals surface area contributed by atoms with Crippen molar-refractivity contribution in [2.24, 2.45) is 7.05 Å². The fourth-order valence-corrected chi connectivity index (χ4v) is 4.86. The van der Waals surface area contributed by atoms with Gasteiger partial charge in [-0.1, -0.05) is 0 Å². The van der Waals surface area contributed by atoms with Crippen molar-refractivity contribution in [3.63, 3.8) is 0 Å². The zero-order chi connectivity index (χ0) is 19.1. The van der Waals surface area contributed by atoms with E-state index in [0.717, 1.165) is 60.2 Å². The highest BCUT2D eigenvalue weighted by Crippen LogP contribution is 2.32. The van der Waals surface area contributed by atoms with Crippen LogP contribution in [0.15, 0.2) is 0 Å². The van der Waals surface area contributed by atoms with Gasteiger partial charge in [0.2, 0.25) is 11.8 Å². The summed E-state index contributed by atoms with van der Waals surface area (Å²) >= 11 is 0. The summed E-state index contributed by atoms with van der Waals surface area (Å²) in [6, 6.07) is 0.782. The molecule has 2 aliphatic heterocycles. The number of nitrogens with one attached hydrogen (secondary N) is 1. The summed E-state index contributed by atoms with van der Waals surface area (Å²) in [7, 11) is 3.51. The highest BCUT2D eigenvalue weighted by atomic mass is 16.5. The summed E-state index contributed by atoms with van der Waals surface area (Å²) in [6.45, 7) is 6.05. The van der Waals surface area contributed by atoms with Crippen molar-refractivity contribution in [3.8, 4) is 5.88 Å². The summed E-state index contributed by atoms with van der Waals surface area (Å²) < 4.78 is 7.20. The minimum absolute atomic E-state index is 0.281. The molecule has 4 heterocycles. The minimum Gasteiger partial charge on any atom is -0.479 e. The maximum Gasteiger partial charge on any atom is 0.242 e. The molecule has 2 fully saturated rings. The van der Waals surface area contributed by atoms with E-state index in [4.69, 9.17) is 9.72 Å². The standard InChI is InChI=1S/C20H29N5O2/c1-12-16(13(2)22-19-18(12)20(27-4)23-24(19)3)7-8-17(26)25-14-5-6-15(25)11-21-10-9-14/h14-15,21H,5-11H2,1-4H3. The molecule has 1 N–H and O–H groups in total. The van der Waals surface area contributed by atoms with E-state index in [1.54, 1.807) is 11.8 Å². The molecule has 27 heavy (non-hydrogen) atoms. The lowest BCUT2D eigenvalue weighted by Crippen LogP contribution is -2.42. The topological polar surface area (TPSA) is 72.3 Å². The molecule has 4 rings (SSSR count). The van der Waals surface area contributed by atoms with Crippen LogP contribution in [-0.4, -0.2) is 57.9 Å². The first-order valence-corrected chi connectivity index (χ1v) is 9.90. The molecule has 146 valence electrons. The first-order valence-electron chi connectivity index (χ1n) is 9.90. The molecule has 7 nitrogen and oxygen atoms in total. The largest absolute Gasteiger partial charge is 0.479 e. The van der Waals surface area contributed by atoms with Gasteiger partial charge in [0.15, 0.2) is 5.65 Å². The zero-order valence-corrected chi connectivity index (χ0v) is 16.7. The van der Waals surface area contributed by atoms with Crippen molar-refractivity contribution in [3.05, 3.63) is 16.8 Å². The second-order valence-corrected chi connectivity index (χ2v) is 7.81. The molecule has 2 aromatic heterocycles. The molecule has 0 radical (unpaired) electrons.